The van der Waals surface area contributed by atoms with Gasteiger partial charge < -0.3 is 4.90 Å². The van der Waals surface area contributed by atoms with E-state index >= 15 is 0 Å². The number of carbonyl (C=O) groups is 1. The largest absolute Gasteiger partial charge is 0.343 e. The van der Waals surface area contributed by atoms with E-state index in [0.717, 1.165) is 31.8 Å². The minimum Gasteiger partial charge on any atom is -0.343 e. The smallest absolute Gasteiger partial charge is 0.222 e. The molecule has 1 rings (SSSR count). The van der Waals surface area contributed by atoms with Crippen molar-refractivity contribution in [2.45, 2.75) is 110 Å². The quantitative estimate of drug-likeness (QED) is 0.342. The Morgan fingerprint density at radius 1 is 0.826 bits per heavy atom. The molecule has 1 heterocycles. The molecule has 1 amide bonds. The molecule has 23 heavy (non-hydrogen) atoms. The van der Waals surface area contributed by atoms with Gasteiger partial charge >= 0.3 is 0 Å². The van der Waals surface area contributed by atoms with Crippen molar-refractivity contribution in [3.05, 3.63) is 0 Å². The summed E-state index contributed by atoms with van der Waals surface area (Å²) < 4.78 is 0. The molecule has 1 fully saturated rings. The fourth-order valence-corrected chi connectivity index (χ4v) is 3.51. The summed E-state index contributed by atoms with van der Waals surface area (Å²) >= 11 is 0. The molecule has 1 unspecified atom stereocenters. The molecule has 1 aliphatic heterocycles. The van der Waals surface area contributed by atoms with E-state index in [1.54, 1.807) is 0 Å². The number of amides is 1. The van der Waals surface area contributed by atoms with Crippen molar-refractivity contribution in [1.82, 2.24) is 4.90 Å². The summed E-state index contributed by atoms with van der Waals surface area (Å²) in [6, 6.07) is 0. The minimum absolute atomic E-state index is 0.403. The van der Waals surface area contributed by atoms with Crippen LogP contribution in [0.25, 0.3) is 0 Å². The molecule has 1 atom stereocenters. The number of likely N-dealkylation sites (tertiary alicyclic amines) is 1. The highest BCUT2D eigenvalue weighted by molar-refractivity contribution is 5.76. The molecule has 1 aliphatic rings. The number of carbonyl (C=O) groups excluding carboxylic acids is 1. The lowest BCUT2D eigenvalue weighted by Gasteiger charge is -2.14. The van der Waals surface area contributed by atoms with Gasteiger partial charge in [0.2, 0.25) is 5.91 Å². The van der Waals surface area contributed by atoms with Gasteiger partial charge in [0.1, 0.15) is 0 Å². The predicted octanol–water partition coefficient (Wildman–Crippen LogP) is 6.34. The van der Waals surface area contributed by atoms with Crippen LogP contribution in [0.4, 0.5) is 0 Å². The Labute approximate surface area is 145 Å². The van der Waals surface area contributed by atoms with Crippen molar-refractivity contribution in [1.29, 1.82) is 0 Å². The minimum atomic E-state index is 0.403. The van der Waals surface area contributed by atoms with Gasteiger partial charge in [0.05, 0.1) is 0 Å². The van der Waals surface area contributed by atoms with Crippen LogP contribution in [0.15, 0.2) is 0 Å². The molecule has 0 aromatic carbocycles. The van der Waals surface area contributed by atoms with Crippen molar-refractivity contribution in [3.8, 4) is 0 Å². The number of hydrogen-bond donors (Lipinski definition) is 0. The summed E-state index contributed by atoms with van der Waals surface area (Å²) in [5.74, 6) is 1.33. The van der Waals surface area contributed by atoms with E-state index in [2.05, 4.69) is 18.7 Å². The van der Waals surface area contributed by atoms with Crippen LogP contribution >= 0.6 is 0 Å². The fraction of sp³-hybridized carbons (Fsp3) is 0.952. The predicted molar refractivity (Wildman–Crippen MR) is 101 cm³/mol. The normalized spacial score (nSPS) is 16.0. The molecule has 136 valence electrons. The molecular formula is C21H41NO. The van der Waals surface area contributed by atoms with E-state index in [4.69, 9.17) is 0 Å². The molecule has 0 spiro atoms. The van der Waals surface area contributed by atoms with Gasteiger partial charge in [-0.05, 0) is 25.2 Å². The first-order chi connectivity index (χ1) is 11.2. The Bertz CT molecular complexity index is 284. The van der Waals surface area contributed by atoms with Gasteiger partial charge in [0, 0.05) is 19.5 Å². The van der Waals surface area contributed by atoms with Crippen LogP contribution < -0.4 is 0 Å². The summed E-state index contributed by atoms with van der Waals surface area (Å²) in [7, 11) is 0. The lowest BCUT2D eigenvalue weighted by Crippen LogP contribution is -2.27. The lowest BCUT2D eigenvalue weighted by atomic mass is 9.99. The number of unbranched alkanes of at least 4 members (excludes halogenated alkanes) is 9. The zero-order valence-electron chi connectivity index (χ0n) is 16.0. The topological polar surface area (TPSA) is 20.3 Å². The maximum absolute atomic E-state index is 11.9. The molecule has 0 aromatic rings. The van der Waals surface area contributed by atoms with Crippen LogP contribution in [0.1, 0.15) is 110 Å². The molecule has 0 bridgehead atoms. The third kappa shape index (κ3) is 10.8. The number of hydrogen-bond acceptors (Lipinski definition) is 1. The van der Waals surface area contributed by atoms with E-state index in [1.165, 1.54) is 83.5 Å². The average molecular weight is 324 g/mol. The molecule has 0 N–H and O–H groups in total. The first-order valence-electron chi connectivity index (χ1n) is 10.5. The zero-order valence-corrected chi connectivity index (χ0v) is 16.0. The molecule has 1 saturated heterocycles. The first kappa shape index (κ1) is 20.5. The summed E-state index contributed by atoms with van der Waals surface area (Å²) in [5, 5.41) is 0. The van der Waals surface area contributed by atoms with Crippen LogP contribution in [0.5, 0.6) is 0 Å². The zero-order chi connectivity index (χ0) is 16.8. The van der Waals surface area contributed by atoms with Crippen LogP contribution in [0.2, 0.25) is 0 Å². The Hall–Kier alpha value is -0.530. The Balaban J connectivity index is 1.75. The molecule has 2 nitrogen and oxygen atoms in total. The van der Waals surface area contributed by atoms with Crippen molar-refractivity contribution >= 4 is 5.91 Å². The molecular weight excluding hydrogens is 282 g/mol. The third-order valence-electron chi connectivity index (χ3n) is 5.49. The Kier molecular flexibility index (Phi) is 12.4. The molecule has 0 radical (unpaired) electrons. The highest BCUT2D eigenvalue weighted by Crippen LogP contribution is 2.16. The lowest BCUT2D eigenvalue weighted by molar-refractivity contribution is -0.130. The van der Waals surface area contributed by atoms with E-state index in [0.29, 0.717) is 5.91 Å². The van der Waals surface area contributed by atoms with Gasteiger partial charge in [-0.2, -0.15) is 0 Å². The molecule has 0 aliphatic carbocycles. The Morgan fingerprint density at radius 2 is 1.30 bits per heavy atom. The van der Waals surface area contributed by atoms with Crippen LogP contribution in [-0.2, 0) is 4.79 Å². The van der Waals surface area contributed by atoms with Crippen molar-refractivity contribution < 1.29 is 4.79 Å². The van der Waals surface area contributed by atoms with Crippen LogP contribution in [0.3, 0.4) is 0 Å². The Morgan fingerprint density at radius 3 is 1.83 bits per heavy atom. The molecule has 0 aromatic heterocycles. The second-order valence-corrected chi connectivity index (χ2v) is 7.68. The summed E-state index contributed by atoms with van der Waals surface area (Å²) in [6.07, 6.45) is 19.5. The summed E-state index contributed by atoms with van der Waals surface area (Å²) in [6.45, 7) is 6.69. The van der Waals surface area contributed by atoms with E-state index in [9.17, 15) is 4.79 Å². The van der Waals surface area contributed by atoms with Crippen molar-refractivity contribution in [2.24, 2.45) is 5.92 Å². The molecule has 0 saturated carbocycles. The highest BCUT2D eigenvalue weighted by atomic mass is 16.2. The average Bonchev–Trinajstić information content (AvgIpc) is 3.10. The van der Waals surface area contributed by atoms with Gasteiger partial charge in [0.15, 0.2) is 0 Å². The SMILES string of the molecule is CCC(C)CCCCCCCCCCCCC(=O)N1CCCC1. The van der Waals surface area contributed by atoms with E-state index in [-0.39, 0.29) is 0 Å². The van der Waals surface area contributed by atoms with Crippen LogP contribution in [0, 0.1) is 5.92 Å². The van der Waals surface area contributed by atoms with Crippen LogP contribution in [-0.4, -0.2) is 23.9 Å². The maximum Gasteiger partial charge on any atom is 0.222 e. The summed E-state index contributed by atoms with van der Waals surface area (Å²) in [5.41, 5.74) is 0. The first-order valence-corrected chi connectivity index (χ1v) is 10.5. The van der Waals surface area contributed by atoms with Crippen molar-refractivity contribution in [2.75, 3.05) is 13.1 Å². The van der Waals surface area contributed by atoms with Gasteiger partial charge in [-0.15, -0.1) is 0 Å². The second kappa shape index (κ2) is 13.9. The summed E-state index contributed by atoms with van der Waals surface area (Å²) in [4.78, 5) is 13.9. The molecule has 2 heteroatoms. The van der Waals surface area contributed by atoms with Crippen molar-refractivity contribution in [3.63, 3.8) is 0 Å². The van der Waals surface area contributed by atoms with Gasteiger partial charge in [0.25, 0.3) is 0 Å². The maximum atomic E-state index is 11.9. The number of nitrogens with zero attached hydrogens (tertiary/aromatic N) is 1. The monoisotopic (exact) mass is 323 g/mol. The van der Waals surface area contributed by atoms with E-state index in [1.807, 2.05) is 0 Å². The fourth-order valence-electron chi connectivity index (χ4n) is 3.51. The van der Waals surface area contributed by atoms with E-state index < -0.39 is 0 Å². The second-order valence-electron chi connectivity index (χ2n) is 7.68. The number of rotatable bonds is 14. The van der Waals surface area contributed by atoms with Gasteiger partial charge in [-0.1, -0.05) is 84.5 Å². The highest BCUT2D eigenvalue weighted by Gasteiger charge is 2.16. The third-order valence-corrected chi connectivity index (χ3v) is 5.49. The van der Waals surface area contributed by atoms with Gasteiger partial charge in [-0.3, -0.25) is 4.79 Å². The standard InChI is InChI=1S/C21H41NO/c1-3-20(2)16-12-10-8-6-4-5-7-9-11-13-17-21(23)22-18-14-15-19-22/h20H,3-19H2,1-2H3. The van der Waals surface area contributed by atoms with Gasteiger partial charge in [-0.25, -0.2) is 0 Å².